The van der Waals surface area contributed by atoms with Crippen molar-refractivity contribution in [2.75, 3.05) is 0 Å². The summed E-state index contributed by atoms with van der Waals surface area (Å²) in [6.45, 7) is 5.90. The zero-order chi connectivity index (χ0) is 23.9. The number of aryl methyl sites for hydroxylation is 1. The van der Waals surface area contributed by atoms with Crippen LogP contribution < -0.4 is 4.74 Å². The molecule has 1 aromatic heterocycles. The summed E-state index contributed by atoms with van der Waals surface area (Å²) in [6.07, 6.45) is 13.5. The Morgan fingerprint density at radius 1 is 0.970 bits per heavy atom. The molecule has 5 heteroatoms. The summed E-state index contributed by atoms with van der Waals surface area (Å²) in [6, 6.07) is 11.8. The molecule has 0 spiro atoms. The van der Waals surface area contributed by atoms with Crippen LogP contribution in [0.25, 0.3) is 11.3 Å². The van der Waals surface area contributed by atoms with Gasteiger partial charge in [0, 0.05) is 18.4 Å². The number of unbranched alkanes of at least 4 members (excludes halogenated alkanes) is 3. The molecule has 0 N–H and O–H groups in total. The third kappa shape index (κ3) is 10.5. The molecule has 33 heavy (non-hydrogen) atoms. The first kappa shape index (κ1) is 26.3. The van der Waals surface area contributed by atoms with Gasteiger partial charge in [0.2, 0.25) is 0 Å². The van der Waals surface area contributed by atoms with Gasteiger partial charge in [0.05, 0.1) is 18.0 Å². The van der Waals surface area contributed by atoms with Crippen molar-refractivity contribution in [3.05, 3.63) is 60.3 Å². The van der Waals surface area contributed by atoms with E-state index in [1.807, 2.05) is 25.1 Å². The van der Waals surface area contributed by atoms with Crippen LogP contribution in [0.15, 0.2) is 54.7 Å². The van der Waals surface area contributed by atoms with Crippen molar-refractivity contribution in [2.24, 2.45) is 0 Å². The Labute approximate surface area is 198 Å². The monoisotopic (exact) mass is 451 g/mol. The zero-order valence-corrected chi connectivity index (χ0v) is 20.2. The quantitative estimate of drug-likeness (QED) is 0.179. The number of ether oxygens (including phenoxy) is 2. The third-order valence-corrected chi connectivity index (χ3v) is 5.32. The van der Waals surface area contributed by atoms with Gasteiger partial charge in [0.15, 0.2) is 0 Å². The molecule has 0 radical (unpaired) electrons. The van der Waals surface area contributed by atoms with E-state index in [-0.39, 0.29) is 18.0 Å². The van der Waals surface area contributed by atoms with E-state index < -0.39 is 0 Å². The third-order valence-electron chi connectivity index (χ3n) is 5.32. The lowest BCUT2D eigenvalue weighted by atomic mass is 10.0. The standard InChI is InChI=1S/C28H37NO4/c1-4-6-7-8-9-10-11-12-28(31)33-25-19-20-26(29-21-25)24-17-15-23(16-18-24)14-13-22(3)32-27(30)5-2/h8-9,15-22H,4-7,10-14H2,1-3H3. The van der Waals surface area contributed by atoms with Crippen LogP contribution in [0.4, 0.5) is 0 Å². The summed E-state index contributed by atoms with van der Waals surface area (Å²) in [7, 11) is 0. The van der Waals surface area contributed by atoms with Gasteiger partial charge in [-0.3, -0.25) is 14.6 Å². The molecule has 5 nitrogen and oxygen atoms in total. The minimum atomic E-state index is -0.227. The average molecular weight is 452 g/mol. The number of aromatic nitrogens is 1. The van der Waals surface area contributed by atoms with Crippen LogP contribution in [0.1, 0.15) is 77.7 Å². The Morgan fingerprint density at radius 2 is 1.70 bits per heavy atom. The summed E-state index contributed by atoms with van der Waals surface area (Å²) < 4.78 is 10.7. The predicted molar refractivity (Wildman–Crippen MR) is 132 cm³/mol. The fraction of sp³-hybridized carbons (Fsp3) is 0.464. The number of hydrogen-bond acceptors (Lipinski definition) is 5. The largest absolute Gasteiger partial charge is 0.463 e. The van der Waals surface area contributed by atoms with Crippen molar-refractivity contribution in [1.82, 2.24) is 4.98 Å². The normalized spacial score (nSPS) is 12.0. The molecule has 1 aromatic carbocycles. The van der Waals surface area contributed by atoms with Crippen molar-refractivity contribution in [2.45, 2.75) is 84.7 Å². The Morgan fingerprint density at radius 3 is 2.33 bits per heavy atom. The molecule has 1 heterocycles. The molecule has 178 valence electrons. The first-order valence-electron chi connectivity index (χ1n) is 12.1. The Hall–Kier alpha value is -2.95. The number of pyridine rings is 1. The van der Waals surface area contributed by atoms with Gasteiger partial charge in [-0.25, -0.2) is 0 Å². The van der Waals surface area contributed by atoms with Gasteiger partial charge < -0.3 is 9.47 Å². The van der Waals surface area contributed by atoms with Crippen LogP contribution in [-0.4, -0.2) is 23.0 Å². The highest BCUT2D eigenvalue weighted by Crippen LogP contribution is 2.21. The molecule has 0 saturated heterocycles. The number of nitrogens with zero attached hydrogens (tertiary/aromatic N) is 1. The van der Waals surface area contributed by atoms with Crippen LogP contribution in [0, 0.1) is 0 Å². The topological polar surface area (TPSA) is 65.5 Å². The Kier molecular flexibility index (Phi) is 11.9. The molecule has 0 saturated carbocycles. The first-order chi connectivity index (χ1) is 16.0. The minimum absolute atomic E-state index is 0.0868. The molecule has 1 atom stereocenters. The summed E-state index contributed by atoms with van der Waals surface area (Å²) >= 11 is 0. The van der Waals surface area contributed by atoms with E-state index in [2.05, 4.69) is 36.2 Å². The van der Waals surface area contributed by atoms with E-state index in [1.54, 1.807) is 19.2 Å². The van der Waals surface area contributed by atoms with E-state index in [9.17, 15) is 9.59 Å². The summed E-state index contributed by atoms with van der Waals surface area (Å²) in [4.78, 5) is 27.8. The van der Waals surface area contributed by atoms with Crippen LogP contribution in [0.3, 0.4) is 0 Å². The molecular weight excluding hydrogens is 414 g/mol. The van der Waals surface area contributed by atoms with E-state index in [0.29, 0.717) is 18.6 Å². The zero-order valence-electron chi connectivity index (χ0n) is 20.2. The summed E-state index contributed by atoms with van der Waals surface area (Å²) in [5.74, 6) is 0.0807. The molecule has 0 amide bonds. The highest BCUT2D eigenvalue weighted by atomic mass is 16.5. The molecule has 2 rings (SSSR count). The first-order valence-corrected chi connectivity index (χ1v) is 12.1. The van der Waals surface area contributed by atoms with E-state index >= 15 is 0 Å². The predicted octanol–water partition coefficient (Wildman–Crippen LogP) is 6.85. The van der Waals surface area contributed by atoms with Crippen LogP contribution in [0.2, 0.25) is 0 Å². The fourth-order valence-electron chi connectivity index (χ4n) is 3.29. The molecule has 0 bridgehead atoms. The molecule has 1 unspecified atom stereocenters. The SMILES string of the molecule is CCCCC=CCCCC(=O)Oc1ccc(-c2ccc(CCC(C)OC(=O)CC)cc2)nc1. The highest BCUT2D eigenvalue weighted by Gasteiger charge is 2.09. The van der Waals surface area contributed by atoms with Gasteiger partial charge in [-0.15, -0.1) is 0 Å². The van der Waals surface area contributed by atoms with Crippen molar-refractivity contribution >= 4 is 11.9 Å². The molecule has 0 aliphatic heterocycles. The van der Waals surface area contributed by atoms with Gasteiger partial charge in [-0.2, -0.15) is 0 Å². The second-order valence-corrected chi connectivity index (χ2v) is 8.25. The smallest absolute Gasteiger partial charge is 0.311 e. The molecule has 0 aliphatic carbocycles. The van der Waals surface area contributed by atoms with E-state index in [1.165, 1.54) is 18.4 Å². The van der Waals surface area contributed by atoms with Crippen LogP contribution in [0.5, 0.6) is 5.75 Å². The molecular formula is C28H37NO4. The van der Waals surface area contributed by atoms with Gasteiger partial charge in [0.25, 0.3) is 0 Å². The van der Waals surface area contributed by atoms with Crippen LogP contribution in [-0.2, 0) is 20.7 Å². The maximum absolute atomic E-state index is 12.0. The lowest BCUT2D eigenvalue weighted by molar-refractivity contribution is -0.148. The lowest BCUT2D eigenvalue weighted by Crippen LogP contribution is -2.14. The number of carbonyl (C=O) groups is 2. The Bertz CT molecular complexity index is 872. The van der Waals surface area contributed by atoms with E-state index in [4.69, 9.17) is 9.47 Å². The summed E-state index contributed by atoms with van der Waals surface area (Å²) in [5.41, 5.74) is 3.00. The molecule has 0 aliphatic rings. The number of esters is 2. The van der Waals surface area contributed by atoms with Crippen molar-refractivity contribution < 1.29 is 19.1 Å². The summed E-state index contributed by atoms with van der Waals surface area (Å²) in [5, 5.41) is 0. The van der Waals surface area contributed by atoms with Crippen molar-refractivity contribution in [3.63, 3.8) is 0 Å². The average Bonchev–Trinajstić information content (AvgIpc) is 2.83. The maximum Gasteiger partial charge on any atom is 0.311 e. The van der Waals surface area contributed by atoms with Crippen molar-refractivity contribution in [1.29, 1.82) is 0 Å². The van der Waals surface area contributed by atoms with Crippen molar-refractivity contribution in [3.8, 4) is 17.0 Å². The maximum atomic E-state index is 12.0. The number of hydrogen-bond donors (Lipinski definition) is 0. The number of allylic oxidation sites excluding steroid dienone is 2. The van der Waals surface area contributed by atoms with E-state index in [0.717, 1.165) is 43.4 Å². The van der Waals surface area contributed by atoms with Gasteiger partial charge >= 0.3 is 11.9 Å². The number of rotatable bonds is 14. The lowest BCUT2D eigenvalue weighted by Gasteiger charge is -2.12. The molecule has 2 aromatic rings. The highest BCUT2D eigenvalue weighted by molar-refractivity contribution is 5.72. The van der Waals surface area contributed by atoms with Crippen LogP contribution >= 0.6 is 0 Å². The second-order valence-electron chi connectivity index (χ2n) is 8.25. The number of carbonyl (C=O) groups excluding carboxylic acids is 2. The number of benzene rings is 1. The molecule has 0 fully saturated rings. The van der Waals surface area contributed by atoms with Gasteiger partial charge in [0.1, 0.15) is 5.75 Å². The fourth-order valence-corrected chi connectivity index (χ4v) is 3.29. The van der Waals surface area contributed by atoms with Gasteiger partial charge in [-0.1, -0.05) is 63.1 Å². The second kappa shape index (κ2) is 15.0. The van der Waals surface area contributed by atoms with Gasteiger partial charge in [-0.05, 0) is 56.7 Å². The minimum Gasteiger partial charge on any atom is -0.463 e. The Balaban J connectivity index is 1.77.